The van der Waals surface area contributed by atoms with Gasteiger partial charge in [-0.2, -0.15) is 0 Å². The first kappa shape index (κ1) is 50.2. The molecular formula is C78H55N7O2. The number of allylic oxidation sites excluding steroid dienone is 2. The molecule has 11 aromatic carbocycles. The summed E-state index contributed by atoms with van der Waals surface area (Å²) in [6.45, 7) is 4.57. The second-order valence-electron chi connectivity index (χ2n) is 23.3. The number of para-hydroxylation sites is 10. The van der Waals surface area contributed by atoms with Gasteiger partial charge in [-0.15, -0.1) is 0 Å². The lowest BCUT2D eigenvalue weighted by atomic mass is 9.73. The zero-order valence-corrected chi connectivity index (χ0v) is 47.7. The summed E-state index contributed by atoms with van der Waals surface area (Å²) in [6.07, 6.45) is 6.69. The molecule has 0 amide bonds. The van der Waals surface area contributed by atoms with E-state index in [0.717, 1.165) is 108 Å². The van der Waals surface area contributed by atoms with Gasteiger partial charge in [0.05, 0.1) is 68.0 Å². The molecule has 0 N–H and O–H groups in total. The Balaban J connectivity index is 0.684. The summed E-state index contributed by atoms with van der Waals surface area (Å²) in [4.78, 5) is 34.4. The van der Waals surface area contributed by atoms with E-state index < -0.39 is 0 Å². The molecule has 4 aliphatic rings. The van der Waals surface area contributed by atoms with Gasteiger partial charge in [0.15, 0.2) is 0 Å². The van der Waals surface area contributed by atoms with Crippen LogP contribution < -0.4 is 25.0 Å². The van der Waals surface area contributed by atoms with Crippen LogP contribution in [-0.4, -0.2) is 27.5 Å². The fraction of sp³-hybridized carbons (Fsp3) is 0.0641. The third-order valence-corrected chi connectivity index (χ3v) is 18.0. The number of aromatic nitrogens is 2. The van der Waals surface area contributed by atoms with Crippen molar-refractivity contribution in [2.75, 3.05) is 19.6 Å². The zero-order chi connectivity index (χ0) is 57.9. The van der Waals surface area contributed by atoms with Crippen LogP contribution in [0.15, 0.2) is 299 Å². The van der Waals surface area contributed by atoms with Crippen LogP contribution in [0, 0.1) is 0 Å². The summed E-state index contributed by atoms with van der Waals surface area (Å²) in [6, 6.07) is 93.2. The van der Waals surface area contributed by atoms with E-state index in [9.17, 15) is 4.79 Å². The van der Waals surface area contributed by atoms with Gasteiger partial charge in [-0.05, 0) is 168 Å². The van der Waals surface area contributed by atoms with Gasteiger partial charge in [0.1, 0.15) is 22.8 Å². The van der Waals surface area contributed by atoms with Gasteiger partial charge in [0.25, 0.3) is 0 Å². The van der Waals surface area contributed by atoms with E-state index in [1.54, 1.807) is 0 Å². The largest absolute Gasteiger partial charge is 0.456 e. The highest BCUT2D eigenvalue weighted by molar-refractivity contribution is 6.13. The maximum atomic E-state index is 14.3. The molecule has 9 heteroatoms. The van der Waals surface area contributed by atoms with E-state index in [4.69, 9.17) is 14.4 Å². The Morgan fingerprint density at radius 3 is 1.54 bits per heavy atom. The molecule has 2 atom stereocenters. The quantitative estimate of drug-likeness (QED) is 0.140. The number of imidazole rings is 1. The first-order valence-electron chi connectivity index (χ1n) is 29.7. The smallest absolute Gasteiger partial charge is 0.200 e. The third kappa shape index (κ3) is 7.96. The number of benzene rings is 11. The van der Waals surface area contributed by atoms with Crippen molar-refractivity contribution in [2.45, 2.75) is 31.3 Å². The fourth-order valence-corrected chi connectivity index (χ4v) is 13.8. The van der Waals surface area contributed by atoms with Crippen LogP contribution in [0.2, 0.25) is 0 Å². The molecule has 3 aliphatic heterocycles. The first-order valence-corrected chi connectivity index (χ1v) is 29.7. The molecule has 2 unspecified atom stereocenters. The Bertz CT molecular complexity index is 4980. The Kier molecular flexibility index (Phi) is 11.4. The van der Waals surface area contributed by atoms with Gasteiger partial charge in [-0.1, -0.05) is 147 Å². The van der Waals surface area contributed by atoms with Crippen molar-refractivity contribution in [1.29, 1.82) is 0 Å². The number of rotatable bonds is 8. The molecule has 13 aromatic rings. The van der Waals surface area contributed by atoms with Crippen LogP contribution in [0.5, 0.6) is 0 Å². The lowest BCUT2D eigenvalue weighted by Crippen LogP contribution is -2.39. The minimum Gasteiger partial charge on any atom is -0.456 e. The molecule has 0 bridgehead atoms. The number of anilines is 10. The van der Waals surface area contributed by atoms with Crippen molar-refractivity contribution in [3.63, 3.8) is 0 Å². The minimum atomic E-state index is -0.191. The van der Waals surface area contributed by atoms with Crippen LogP contribution in [-0.2, 0) is 5.41 Å². The van der Waals surface area contributed by atoms with Crippen molar-refractivity contribution >= 4 is 101 Å². The molecule has 414 valence electrons. The molecule has 0 saturated heterocycles. The van der Waals surface area contributed by atoms with E-state index in [1.807, 2.05) is 48.5 Å². The highest BCUT2D eigenvalue weighted by Crippen LogP contribution is 2.55. The Morgan fingerprint density at radius 2 is 0.920 bits per heavy atom. The van der Waals surface area contributed by atoms with Crippen molar-refractivity contribution in [3.8, 4) is 17.1 Å². The Hall–Kier alpha value is -11.3. The average Bonchev–Trinajstić information content (AvgIpc) is 1.69. The maximum Gasteiger partial charge on any atom is 0.200 e. The van der Waals surface area contributed by atoms with Crippen molar-refractivity contribution < 1.29 is 4.42 Å². The molecule has 5 heterocycles. The minimum absolute atomic E-state index is 0.0517. The Morgan fingerprint density at radius 1 is 0.437 bits per heavy atom. The van der Waals surface area contributed by atoms with E-state index in [0.29, 0.717) is 21.9 Å². The van der Waals surface area contributed by atoms with Gasteiger partial charge < -0.3 is 24.0 Å². The summed E-state index contributed by atoms with van der Waals surface area (Å²) in [5, 5.41) is 1.10. The van der Waals surface area contributed by atoms with E-state index in [2.05, 4.69) is 275 Å². The van der Waals surface area contributed by atoms with Crippen molar-refractivity contribution in [1.82, 2.24) is 9.55 Å². The highest BCUT2D eigenvalue weighted by Gasteiger charge is 2.39. The number of amidine groups is 1. The summed E-state index contributed by atoms with van der Waals surface area (Å²) < 4.78 is 9.04. The number of nitrogens with zero attached hydrogens (tertiary/aromatic N) is 7. The van der Waals surface area contributed by atoms with Crippen LogP contribution in [0.3, 0.4) is 0 Å². The summed E-state index contributed by atoms with van der Waals surface area (Å²) in [5.74, 6) is 1.79. The molecule has 0 fully saturated rings. The van der Waals surface area contributed by atoms with Crippen LogP contribution >= 0.6 is 0 Å². The van der Waals surface area contributed by atoms with E-state index in [-0.39, 0.29) is 22.9 Å². The number of hydrogen-bond acceptors (Lipinski definition) is 8. The lowest BCUT2D eigenvalue weighted by molar-refractivity contribution is 0.631. The van der Waals surface area contributed by atoms with Crippen LogP contribution in [0.4, 0.5) is 56.9 Å². The van der Waals surface area contributed by atoms with Crippen LogP contribution in [0.1, 0.15) is 36.1 Å². The summed E-state index contributed by atoms with van der Waals surface area (Å²) in [7, 11) is 0. The second kappa shape index (κ2) is 19.7. The fourth-order valence-electron chi connectivity index (χ4n) is 13.8. The molecular weight excluding hydrogens is 1070 g/mol. The van der Waals surface area contributed by atoms with E-state index >= 15 is 0 Å². The topological polar surface area (TPSA) is 73.4 Å². The van der Waals surface area contributed by atoms with Gasteiger partial charge in [0.2, 0.25) is 5.43 Å². The summed E-state index contributed by atoms with van der Waals surface area (Å²) in [5.41, 5.74) is 21.0. The predicted molar refractivity (Wildman–Crippen MR) is 356 cm³/mol. The molecule has 0 saturated carbocycles. The average molecular weight is 1120 g/mol. The molecule has 2 aromatic heterocycles. The maximum absolute atomic E-state index is 14.3. The normalized spacial score (nSPS) is 16.3. The molecule has 87 heavy (non-hydrogen) atoms. The molecule has 0 spiro atoms. The molecule has 9 nitrogen and oxygen atoms in total. The van der Waals surface area contributed by atoms with E-state index in [1.165, 1.54) is 11.1 Å². The van der Waals surface area contributed by atoms with Gasteiger partial charge in [-0.25, -0.2) is 4.98 Å². The number of fused-ring (bicyclic) bond motifs is 8. The SMILES string of the molecule is CC1(C)c2ccccc2N(c2ccc3c(=O)c4ccc(C5=CC6C(C=C5)N=C(c5ccc(N7c8ccccc8N(c8ccc(-c9nc%10ccccc%10n9-c9ccccc9)cc8)c8ccccc87)cc5)N6c5ccccc5)cc4oc3c2)c2ccccc21. The zero-order valence-electron chi connectivity index (χ0n) is 47.7. The highest BCUT2D eigenvalue weighted by atomic mass is 16.3. The van der Waals surface area contributed by atoms with Crippen LogP contribution in [0.25, 0.3) is 55.6 Å². The number of aliphatic imine (C=N–C) groups is 1. The number of hydrogen-bond donors (Lipinski definition) is 0. The van der Waals surface area contributed by atoms with Gasteiger partial charge in [0, 0.05) is 51.0 Å². The summed E-state index contributed by atoms with van der Waals surface area (Å²) >= 11 is 0. The third-order valence-electron chi connectivity index (χ3n) is 18.0. The monoisotopic (exact) mass is 1120 g/mol. The molecule has 1 aliphatic carbocycles. The van der Waals surface area contributed by atoms with Crippen molar-refractivity contribution in [2.24, 2.45) is 4.99 Å². The molecule has 17 rings (SSSR count). The molecule has 0 radical (unpaired) electrons. The second-order valence-corrected chi connectivity index (χ2v) is 23.3. The first-order chi connectivity index (χ1) is 42.8. The van der Waals surface area contributed by atoms with Gasteiger partial charge in [-0.3, -0.25) is 14.4 Å². The van der Waals surface area contributed by atoms with Gasteiger partial charge >= 0.3 is 0 Å². The van der Waals surface area contributed by atoms with Crippen molar-refractivity contribution in [3.05, 3.63) is 318 Å². The Labute approximate surface area is 503 Å². The predicted octanol–water partition coefficient (Wildman–Crippen LogP) is 19.0. The lowest BCUT2D eigenvalue weighted by Gasteiger charge is -2.42. The standard InChI is InChI=1S/C78H55N7O2/c1-78(2)61-23-9-12-26-65(61)83(66-27-13-10-24-62(66)78)58-43-45-60-74(49-58)87-73-48-53(37-44-59(73)75(60)86)52-38-46-64-72(47-52)85(55-21-7-4-8-22-55)77(80-64)51-35-41-57(42-36-51)82-70-31-17-15-29-68(70)81(69-30-16-18-32-71(69)82)56-39-33-50(34-40-56)76-79-63-25-11-14-28-67(63)84(76)54-19-5-3-6-20-54/h3-49,64,72H,1-2H3.